The molecule has 4 rings (SSSR count). The number of nitrogens with one attached hydrogen (secondary N) is 1. The molecule has 3 aromatic rings. The number of fused-ring (bicyclic) bond motifs is 1. The van der Waals surface area contributed by atoms with Gasteiger partial charge in [0.05, 0.1) is 24.5 Å². The van der Waals surface area contributed by atoms with Crippen molar-refractivity contribution in [3.05, 3.63) is 48.4 Å². The lowest BCUT2D eigenvalue weighted by atomic mass is 10.1. The Hall–Kier alpha value is -2.54. The summed E-state index contributed by atoms with van der Waals surface area (Å²) in [6.07, 6.45) is 8.25. The Morgan fingerprint density at radius 3 is 3.18 bits per heavy atom. The van der Waals surface area contributed by atoms with Crippen LogP contribution in [0.25, 0.3) is 5.78 Å². The van der Waals surface area contributed by atoms with Crippen LogP contribution in [0.15, 0.2) is 37.1 Å². The molecular weight excluding hydrogens is 280 g/mol. The van der Waals surface area contributed by atoms with Crippen molar-refractivity contribution in [3.63, 3.8) is 0 Å². The van der Waals surface area contributed by atoms with Gasteiger partial charge in [0.2, 0.25) is 5.78 Å². The Kier molecular flexibility index (Phi) is 3.40. The predicted octanol–water partition coefficient (Wildman–Crippen LogP) is 1.64. The quantitative estimate of drug-likeness (QED) is 0.788. The molecule has 7 heteroatoms. The van der Waals surface area contributed by atoms with E-state index in [0.717, 1.165) is 36.8 Å². The number of aromatic nitrogens is 5. The van der Waals surface area contributed by atoms with Crippen molar-refractivity contribution < 1.29 is 4.74 Å². The summed E-state index contributed by atoms with van der Waals surface area (Å²) in [6, 6.07) is 3.87. The average molecular weight is 296 g/mol. The van der Waals surface area contributed by atoms with Gasteiger partial charge in [-0.05, 0) is 12.5 Å². The summed E-state index contributed by atoms with van der Waals surface area (Å²) < 4.78 is 7.31. The fraction of sp³-hybridized carbons (Fsp3) is 0.333. The third-order valence-electron chi connectivity index (χ3n) is 3.77. The smallest absolute Gasteiger partial charge is 0.233 e. The van der Waals surface area contributed by atoms with Gasteiger partial charge < -0.3 is 10.1 Å². The van der Waals surface area contributed by atoms with E-state index in [9.17, 15) is 0 Å². The summed E-state index contributed by atoms with van der Waals surface area (Å²) in [5, 5.41) is 3.29. The van der Waals surface area contributed by atoms with Crippen LogP contribution in [0.5, 0.6) is 0 Å². The molecule has 0 saturated carbocycles. The lowest BCUT2D eigenvalue weighted by Gasteiger charge is -2.09. The van der Waals surface area contributed by atoms with Gasteiger partial charge in [0.25, 0.3) is 0 Å². The molecule has 0 radical (unpaired) electrons. The van der Waals surface area contributed by atoms with Crippen LogP contribution in [0, 0.1) is 0 Å². The zero-order valence-electron chi connectivity index (χ0n) is 12.0. The zero-order chi connectivity index (χ0) is 14.8. The molecule has 0 amide bonds. The standard InChI is InChI=1S/C15H16N6O/c1-3-16-15-20-12(8-21(15)4-1)7-17-14-6-13(18-10-19-14)11-2-5-22-9-11/h1,3-4,6,8,10-11H,2,5,7,9H2,(H,17,18,19). The number of imidazole rings is 1. The van der Waals surface area contributed by atoms with E-state index in [4.69, 9.17) is 4.74 Å². The lowest BCUT2D eigenvalue weighted by Crippen LogP contribution is -2.06. The first kappa shape index (κ1) is 13.1. The van der Waals surface area contributed by atoms with Crippen LogP contribution in [0.4, 0.5) is 5.82 Å². The Balaban J connectivity index is 1.47. The molecule has 22 heavy (non-hydrogen) atoms. The number of rotatable bonds is 4. The highest BCUT2D eigenvalue weighted by Crippen LogP contribution is 2.24. The first-order valence-corrected chi connectivity index (χ1v) is 7.30. The number of hydrogen-bond acceptors (Lipinski definition) is 6. The van der Waals surface area contributed by atoms with Crippen LogP contribution in [0.2, 0.25) is 0 Å². The van der Waals surface area contributed by atoms with Crippen molar-refractivity contribution >= 4 is 11.6 Å². The van der Waals surface area contributed by atoms with Crippen molar-refractivity contribution in [2.45, 2.75) is 18.9 Å². The van der Waals surface area contributed by atoms with E-state index in [1.165, 1.54) is 0 Å². The van der Waals surface area contributed by atoms with Gasteiger partial charge in [-0.3, -0.25) is 4.40 Å². The largest absolute Gasteiger partial charge is 0.381 e. The molecule has 1 saturated heterocycles. The highest BCUT2D eigenvalue weighted by atomic mass is 16.5. The molecule has 1 aliphatic rings. The van der Waals surface area contributed by atoms with E-state index in [1.807, 2.05) is 28.9 Å². The minimum atomic E-state index is 0.378. The average Bonchev–Trinajstić information content (AvgIpc) is 3.22. The van der Waals surface area contributed by atoms with Crippen LogP contribution >= 0.6 is 0 Å². The van der Waals surface area contributed by atoms with E-state index >= 15 is 0 Å². The Morgan fingerprint density at radius 2 is 2.32 bits per heavy atom. The zero-order valence-corrected chi connectivity index (χ0v) is 12.0. The third-order valence-corrected chi connectivity index (χ3v) is 3.77. The molecular formula is C15H16N6O. The molecule has 4 heterocycles. The maximum Gasteiger partial charge on any atom is 0.233 e. The summed E-state index contributed by atoms with van der Waals surface area (Å²) in [5.41, 5.74) is 1.95. The van der Waals surface area contributed by atoms with Crippen molar-refractivity contribution in [2.24, 2.45) is 0 Å². The van der Waals surface area contributed by atoms with Gasteiger partial charge in [-0.2, -0.15) is 0 Å². The van der Waals surface area contributed by atoms with E-state index in [0.29, 0.717) is 18.2 Å². The third kappa shape index (κ3) is 2.62. The molecule has 0 aliphatic carbocycles. The van der Waals surface area contributed by atoms with E-state index in [2.05, 4.69) is 25.3 Å². The molecule has 0 bridgehead atoms. The summed E-state index contributed by atoms with van der Waals surface area (Å²) >= 11 is 0. The SMILES string of the molecule is c1cnc2nc(CNc3cc(C4CCOC4)ncn3)cn2c1. The predicted molar refractivity (Wildman–Crippen MR) is 80.5 cm³/mol. The second kappa shape index (κ2) is 5.69. The highest BCUT2D eigenvalue weighted by Gasteiger charge is 2.19. The van der Waals surface area contributed by atoms with Gasteiger partial charge in [0.15, 0.2) is 0 Å². The number of nitrogens with zero attached hydrogens (tertiary/aromatic N) is 5. The van der Waals surface area contributed by atoms with Gasteiger partial charge in [0.1, 0.15) is 12.1 Å². The molecule has 3 aromatic heterocycles. The van der Waals surface area contributed by atoms with E-state index in [1.54, 1.807) is 12.5 Å². The Labute approximate surface area is 127 Å². The van der Waals surface area contributed by atoms with Crippen LogP contribution in [0.3, 0.4) is 0 Å². The first-order chi connectivity index (χ1) is 10.9. The normalized spacial score (nSPS) is 17.9. The molecule has 7 nitrogen and oxygen atoms in total. The van der Waals surface area contributed by atoms with Crippen molar-refractivity contribution in [1.82, 2.24) is 24.3 Å². The summed E-state index contributed by atoms with van der Waals surface area (Å²) in [5.74, 6) is 1.88. The molecule has 1 atom stereocenters. The fourth-order valence-corrected chi connectivity index (χ4v) is 2.61. The van der Waals surface area contributed by atoms with E-state index < -0.39 is 0 Å². The maximum atomic E-state index is 5.41. The highest BCUT2D eigenvalue weighted by molar-refractivity contribution is 5.37. The van der Waals surface area contributed by atoms with Gasteiger partial charge >= 0.3 is 0 Å². The summed E-state index contributed by atoms with van der Waals surface area (Å²) in [6.45, 7) is 2.15. The molecule has 1 unspecified atom stereocenters. The number of ether oxygens (including phenoxy) is 1. The summed E-state index contributed by atoms with van der Waals surface area (Å²) in [7, 11) is 0. The first-order valence-electron chi connectivity index (χ1n) is 7.30. The van der Waals surface area contributed by atoms with Crippen molar-refractivity contribution in [2.75, 3.05) is 18.5 Å². The minimum Gasteiger partial charge on any atom is -0.381 e. The van der Waals surface area contributed by atoms with Crippen LogP contribution < -0.4 is 5.32 Å². The number of hydrogen-bond donors (Lipinski definition) is 1. The molecule has 112 valence electrons. The Morgan fingerprint density at radius 1 is 1.32 bits per heavy atom. The van der Waals surface area contributed by atoms with Gasteiger partial charge in [-0.25, -0.2) is 19.9 Å². The van der Waals surface area contributed by atoms with Gasteiger partial charge in [-0.15, -0.1) is 0 Å². The molecule has 1 N–H and O–H groups in total. The topological polar surface area (TPSA) is 77.2 Å². The van der Waals surface area contributed by atoms with E-state index in [-0.39, 0.29) is 0 Å². The second-order valence-corrected chi connectivity index (χ2v) is 5.30. The number of anilines is 1. The minimum absolute atomic E-state index is 0.378. The lowest BCUT2D eigenvalue weighted by molar-refractivity contribution is 0.193. The fourth-order valence-electron chi connectivity index (χ4n) is 2.61. The molecule has 0 spiro atoms. The van der Waals surface area contributed by atoms with Gasteiger partial charge in [0, 0.05) is 37.2 Å². The van der Waals surface area contributed by atoms with Crippen LogP contribution in [0.1, 0.15) is 23.7 Å². The van der Waals surface area contributed by atoms with Gasteiger partial charge in [-0.1, -0.05) is 0 Å². The van der Waals surface area contributed by atoms with Crippen LogP contribution in [-0.4, -0.2) is 37.6 Å². The molecule has 1 aliphatic heterocycles. The van der Waals surface area contributed by atoms with Crippen LogP contribution in [-0.2, 0) is 11.3 Å². The molecule has 1 fully saturated rings. The second-order valence-electron chi connectivity index (χ2n) is 5.30. The monoisotopic (exact) mass is 296 g/mol. The Bertz CT molecular complexity index is 747. The summed E-state index contributed by atoms with van der Waals surface area (Å²) in [4.78, 5) is 17.3. The maximum absolute atomic E-state index is 5.41. The van der Waals surface area contributed by atoms with Crippen molar-refractivity contribution in [1.29, 1.82) is 0 Å². The molecule has 0 aromatic carbocycles. The van der Waals surface area contributed by atoms with Crippen molar-refractivity contribution in [3.8, 4) is 0 Å².